The Morgan fingerprint density at radius 3 is 2.68 bits per heavy atom. The number of fused-ring (bicyclic) bond motifs is 1. The zero-order chi connectivity index (χ0) is 13.8. The lowest BCUT2D eigenvalue weighted by molar-refractivity contribution is 0.255. The van der Waals surface area contributed by atoms with Crippen LogP contribution in [0.25, 0.3) is 10.9 Å². The first kappa shape index (κ1) is 13.5. The number of benzene rings is 1. The fourth-order valence-electron chi connectivity index (χ4n) is 3.00. The van der Waals surface area contributed by atoms with Crippen LogP contribution < -0.4 is 0 Å². The molecule has 5 heteroatoms. The molecule has 0 amide bonds. The molecule has 1 aromatic carbocycles. The maximum atomic E-state index is 6.36. The Bertz CT molecular complexity index is 621. The number of rotatable bonds is 1. The van der Waals surface area contributed by atoms with Crippen LogP contribution in [-0.4, -0.2) is 34.4 Å². The normalized spacial score (nSPS) is 31.1. The van der Waals surface area contributed by atoms with Gasteiger partial charge in [-0.2, -0.15) is 0 Å². The van der Waals surface area contributed by atoms with Crippen LogP contribution in [-0.2, 0) is 0 Å². The van der Waals surface area contributed by atoms with Gasteiger partial charge in [-0.15, -0.1) is 25.3 Å². The minimum absolute atomic E-state index is 0.176. The van der Waals surface area contributed by atoms with Gasteiger partial charge < -0.3 is 4.98 Å². The van der Waals surface area contributed by atoms with Crippen molar-refractivity contribution in [1.82, 2.24) is 9.88 Å². The molecule has 0 saturated carbocycles. The van der Waals surface area contributed by atoms with Gasteiger partial charge in [0, 0.05) is 23.0 Å². The van der Waals surface area contributed by atoms with Crippen molar-refractivity contribution >= 4 is 44.0 Å². The van der Waals surface area contributed by atoms with Crippen molar-refractivity contribution in [2.75, 3.05) is 7.05 Å². The van der Waals surface area contributed by atoms with Crippen LogP contribution >= 0.6 is 25.3 Å². The fourth-order valence-corrected chi connectivity index (χ4v) is 3.92. The molecule has 1 fully saturated rings. The molecule has 2 nitrogen and oxygen atoms in total. The molecule has 1 saturated heterocycles. The first-order valence-corrected chi connectivity index (χ1v) is 7.27. The number of likely N-dealkylation sites (tertiary alicyclic amines) is 1. The minimum Gasteiger partial charge on any atom is -0.361 e. The number of aromatic nitrogens is 1. The highest BCUT2D eigenvalue weighted by Crippen LogP contribution is 2.53. The van der Waals surface area contributed by atoms with Gasteiger partial charge in [-0.05, 0) is 30.5 Å². The van der Waals surface area contributed by atoms with Gasteiger partial charge in [0.15, 0.2) is 0 Å². The Hall–Kier alpha value is -0.515. The van der Waals surface area contributed by atoms with Gasteiger partial charge in [-0.3, -0.25) is 4.90 Å². The predicted octanol–water partition coefficient (Wildman–Crippen LogP) is 2.99. The van der Waals surface area contributed by atoms with E-state index in [0.29, 0.717) is 0 Å². The molecular formula is C14H17BN2S2. The zero-order valence-corrected chi connectivity index (χ0v) is 12.9. The Balaban J connectivity index is 2.12. The van der Waals surface area contributed by atoms with Crippen molar-refractivity contribution in [2.24, 2.45) is 0 Å². The van der Waals surface area contributed by atoms with Crippen molar-refractivity contribution < 1.29 is 0 Å². The third-order valence-corrected chi connectivity index (χ3v) is 5.56. The topological polar surface area (TPSA) is 19.0 Å². The predicted molar refractivity (Wildman–Crippen MR) is 88.3 cm³/mol. The number of likely N-dealkylation sites (N-methyl/N-ethyl adjacent to an activating group) is 1. The number of hydrogen-bond acceptors (Lipinski definition) is 3. The SMILES string of the molecule is [B]C1(C)CC(c2c[nH]c3ccccc23)C(S)(S)N1C. The smallest absolute Gasteiger partial charge is 0.115 e. The first-order chi connectivity index (χ1) is 8.84. The van der Waals surface area contributed by atoms with Crippen LogP contribution in [0.1, 0.15) is 24.8 Å². The zero-order valence-electron chi connectivity index (χ0n) is 11.1. The second-order valence-corrected chi connectivity index (χ2v) is 7.37. The number of aromatic amines is 1. The van der Waals surface area contributed by atoms with Gasteiger partial charge >= 0.3 is 0 Å². The lowest BCUT2D eigenvalue weighted by atomic mass is 9.75. The van der Waals surface area contributed by atoms with E-state index in [1.807, 2.05) is 24.9 Å². The maximum Gasteiger partial charge on any atom is 0.115 e. The third-order valence-electron chi connectivity index (χ3n) is 4.34. The van der Waals surface area contributed by atoms with Gasteiger partial charge in [-0.25, -0.2) is 0 Å². The second-order valence-electron chi connectivity index (χ2n) is 5.65. The molecule has 2 aromatic rings. The molecule has 0 bridgehead atoms. The summed E-state index contributed by atoms with van der Waals surface area (Å²) in [6, 6.07) is 8.30. The Kier molecular flexibility index (Phi) is 3.00. The van der Waals surface area contributed by atoms with E-state index in [1.165, 1.54) is 10.9 Å². The highest BCUT2D eigenvalue weighted by molar-refractivity contribution is 8.00. The standard InChI is InChI=1S/C14H17BN2S2/c1-13(15)7-11(14(18,19)17(13)2)10-8-16-12-6-4-3-5-9(10)12/h3-6,8,11,16,18-19H,7H2,1-2H3. The number of hydrogen-bond donors (Lipinski definition) is 3. The van der Waals surface area contributed by atoms with E-state index in [2.05, 4.69) is 29.4 Å². The van der Waals surface area contributed by atoms with Crippen LogP contribution in [0.5, 0.6) is 0 Å². The number of para-hydroxylation sites is 1. The number of nitrogens with one attached hydrogen (secondary N) is 1. The van der Waals surface area contributed by atoms with E-state index in [-0.39, 0.29) is 5.92 Å². The lowest BCUT2D eigenvalue weighted by Gasteiger charge is -2.37. The molecule has 19 heavy (non-hydrogen) atoms. The van der Waals surface area contributed by atoms with Crippen molar-refractivity contribution in [3.8, 4) is 0 Å². The molecule has 1 aliphatic rings. The van der Waals surface area contributed by atoms with Crippen molar-refractivity contribution in [3.63, 3.8) is 0 Å². The average Bonchev–Trinajstić information content (AvgIpc) is 2.84. The van der Waals surface area contributed by atoms with Crippen LogP contribution in [0.3, 0.4) is 0 Å². The highest BCUT2D eigenvalue weighted by atomic mass is 32.2. The molecular weight excluding hydrogens is 271 g/mol. The molecule has 98 valence electrons. The molecule has 0 aliphatic carbocycles. The molecule has 2 unspecified atom stereocenters. The first-order valence-electron chi connectivity index (χ1n) is 6.37. The summed E-state index contributed by atoms with van der Waals surface area (Å²) in [6.45, 7) is 2.03. The molecule has 3 rings (SSSR count). The van der Waals surface area contributed by atoms with Gasteiger partial charge in [0.2, 0.25) is 0 Å². The summed E-state index contributed by atoms with van der Waals surface area (Å²) in [5.41, 5.74) is 1.98. The van der Waals surface area contributed by atoms with Crippen LogP contribution in [0.4, 0.5) is 0 Å². The largest absolute Gasteiger partial charge is 0.361 e. The van der Waals surface area contributed by atoms with E-state index in [4.69, 9.17) is 33.1 Å². The Labute approximate surface area is 126 Å². The third kappa shape index (κ3) is 1.94. The van der Waals surface area contributed by atoms with Crippen LogP contribution in [0.2, 0.25) is 0 Å². The molecule has 1 aliphatic heterocycles. The van der Waals surface area contributed by atoms with Crippen molar-refractivity contribution in [2.45, 2.75) is 28.9 Å². The molecule has 1 aromatic heterocycles. The van der Waals surface area contributed by atoms with Gasteiger partial charge in [-0.1, -0.05) is 25.1 Å². The summed E-state index contributed by atoms with van der Waals surface area (Å²) < 4.78 is -0.547. The molecule has 1 N–H and O–H groups in total. The Morgan fingerprint density at radius 2 is 2.05 bits per heavy atom. The van der Waals surface area contributed by atoms with Crippen LogP contribution in [0, 0.1) is 0 Å². The summed E-state index contributed by atoms with van der Waals surface area (Å²) >= 11 is 9.52. The summed E-state index contributed by atoms with van der Waals surface area (Å²) in [7, 11) is 8.34. The van der Waals surface area contributed by atoms with Gasteiger partial charge in [0.1, 0.15) is 4.20 Å². The van der Waals surface area contributed by atoms with E-state index in [1.54, 1.807) is 0 Å². The average molecular weight is 288 g/mol. The summed E-state index contributed by atoms with van der Waals surface area (Å²) in [4.78, 5) is 5.36. The molecule has 2 radical (unpaired) electrons. The number of nitrogens with zero attached hydrogens (tertiary/aromatic N) is 1. The van der Waals surface area contributed by atoms with E-state index < -0.39 is 9.64 Å². The van der Waals surface area contributed by atoms with Crippen LogP contribution in [0.15, 0.2) is 30.5 Å². The summed E-state index contributed by atoms with van der Waals surface area (Å²) in [6.07, 6.45) is 2.89. The fraction of sp³-hybridized carbons (Fsp3) is 0.429. The molecule has 2 atom stereocenters. The van der Waals surface area contributed by atoms with Gasteiger partial charge in [0.25, 0.3) is 0 Å². The maximum absolute atomic E-state index is 6.36. The highest BCUT2D eigenvalue weighted by Gasteiger charge is 2.51. The second kappa shape index (κ2) is 4.24. The van der Waals surface area contributed by atoms with Crippen molar-refractivity contribution in [1.29, 1.82) is 0 Å². The lowest BCUT2D eigenvalue weighted by Crippen LogP contribution is -2.45. The van der Waals surface area contributed by atoms with E-state index in [9.17, 15) is 0 Å². The molecule has 0 spiro atoms. The monoisotopic (exact) mass is 288 g/mol. The van der Waals surface area contributed by atoms with Crippen molar-refractivity contribution in [3.05, 3.63) is 36.0 Å². The molecule has 2 heterocycles. The quantitative estimate of drug-likeness (QED) is 0.418. The van der Waals surface area contributed by atoms with E-state index in [0.717, 1.165) is 11.9 Å². The Morgan fingerprint density at radius 1 is 1.37 bits per heavy atom. The number of thiol groups is 2. The van der Waals surface area contributed by atoms with Gasteiger partial charge in [0.05, 0.1) is 7.85 Å². The van der Waals surface area contributed by atoms with E-state index >= 15 is 0 Å². The summed E-state index contributed by atoms with van der Waals surface area (Å²) in [5.74, 6) is 0.176. The minimum atomic E-state index is -0.547. The summed E-state index contributed by atoms with van der Waals surface area (Å²) in [5, 5.41) is 1.23. The number of H-pyrrole nitrogens is 1.